The molecule has 3 aromatic rings. The summed E-state index contributed by atoms with van der Waals surface area (Å²) in [5.74, 6) is -0.527. The molecule has 0 bridgehead atoms. The van der Waals surface area contributed by atoms with Crippen molar-refractivity contribution < 1.29 is 14.4 Å². The van der Waals surface area contributed by atoms with Crippen LogP contribution in [0.2, 0.25) is 0 Å². The highest BCUT2D eigenvalue weighted by Crippen LogP contribution is 2.28. The number of hydrogen-bond donors (Lipinski definition) is 2. The lowest BCUT2D eigenvalue weighted by atomic mass is 10.0. The molecule has 2 N–H and O–H groups in total. The molecule has 180 valence electrons. The first-order valence-corrected chi connectivity index (χ1v) is 11.8. The number of carbonyl (C=O) groups excluding carboxylic acids is 3. The SMILES string of the molecule is Cc1cccc(NC(=O)NCC(=O)N(c2ccccc2)C(C)C(=O)N2CCCc3ccccc32)c1. The number of rotatable bonds is 6. The van der Waals surface area contributed by atoms with Gasteiger partial charge >= 0.3 is 6.03 Å². The highest BCUT2D eigenvalue weighted by atomic mass is 16.2. The van der Waals surface area contributed by atoms with Gasteiger partial charge in [-0.25, -0.2) is 4.79 Å². The predicted molar refractivity (Wildman–Crippen MR) is 139 cm³/mol. The van der Waals surface area contributed by atoms with Gasteiger partial charge in [-0.1, -0.05) is 48.5 Å². The van der Waals surface area contributed by atoms with Crippen LogP contribution in [-0.2, 0) is 16.0 Å². The number of carbonyl (C=O) groups is 3. The van der Waals surface area contributed by atoms with Gasteiger partial charge in [0.1, 0.15) is 6.04 Å². The van der Waals surface area contributed by atoms with Crippen LogP contribution in [0.25, 0.3) is 0 Å². The van der Waals surface area contributed by atoms with Crippen LogP contribution in [0.5, 0.6) is 0 Å². The zero-order valence-electron chi connectivity index (χ0n) is 20.0. The zero-order valence-corrected chi connectivity index (χ0v) is 20.0. The molecule has 3 aromatic carbocycles. The summed E-state index contributed by atoms with van der Waals surface area (Å²) in [6.45, 7) is 4.02. The second-order valence-electron chi connectivity index (χ2n) is 8.67. The molecule has 0 fully saturated rings. The largest absolute Gasteiger partial charge is 0.329 e. The van der Waals surface area contributed by atoms with E-state index in [1.807, 2.05) is 67.6 Å². The summed E-state index contributed by atoms with van der Waals surface area (Å²) in [7, 11) is 0. The van der Waals surface area contributed by atoms with Crippen LogP contribution in [0.4, 0.5) is 21.9 Å². The van der Waals surface area contributed by atoms with E-state index in [2.05, 4.69) is 10.6 Å². The van der Waals surface area contributed by atoms with Crippen molar-refractivity contribution in [2.24, 2.45) is 0 Å². The molecule has 4 amide bonds. The quantitative estimate of drug-likeness (QED) is 0.556. The van der Waals surface area contributed by atoms with E-state index in [4.69, 9.17) is 0 Å². The van der Waals surface area contributed by atoms with E-state index < -0.39 is 12.1 Å². The standard InChI is InChI=1S/C28H30N4O3/c1-20-10-8-13-23(18-20)30-28(35)29-19-26(33)32(24-14-4-3-5-15-24)21(2)27(34)31-17-9-12-22-11-6-7-16-25(22)31/h3-8,10-11,13-16,18,21H,9,12,17,19H2,1-2H3,(H2,29,30,35). The molecular weight excluding hydrogens is 440 g/mol. The van der Waals surface area contributed by atoms with E-state index >= 15 is 0 Å². The number of urea groups is 1. The zero-order chi connectivity index (χ0) is 24.8. The molecule has 1 atom stereocenters. The van der Waals surface area contributed by atoms with Gasteiger partial charge < -0.3 is 15.5 Å². The van der Waals surface area contributed by atoms with Crippen LogP contribution in [0.3, 0.4) is 0 Å². The lowest BCUT2D eigenvalue weighted by Gasteiger charge is -2.35. The van der Waals surface area contributed by atoms with Gasteiger partial charge in [-0.2, -0.15) is 0 Å². The molecule has 0 radical (unpaired) electrons. The summed E-state index contributed by atoms with van der Waals surface area (Å²) in [6.07, 6.45) is 1.80. The van der Waals surface area contributed by atoms with E-state index in [1.165, 1.54) is 4.90 Å². The fraction of sp³-hybridized carbons (Fsp3) is 0.250. The summed E-state index contributed by atoms with van der Waals surface area (Å²) in [6, 6.07) is 23.1. The third kappa shape index (κ3) is 5.69. The van der Waals surface area contributed by atoms with Gasteiger partial charge in [-0.15, -0.1) is 0 Å². The summed E-state index contributed by atoms with van der Waals surface area (Å²) in [5.41, 5.74) is 4.28. The Morgan fingerprint density at radius 1 is 0.971 bits per heavy atom. The number of hydrogen-bond acceptors (Lipinski definition) is 3. The number of aryl methyl sites for hydroxylation is 2. The average Bonchev–Trinajstić information content (AvgIpc) is 2.87. The smallest absolute Gasteiger partial charge is 0.319 e. The Kier molecular flexibility index (Phi) is 7.45. The first-order valence-electron chi connectivity index (χ1n) is 11.8. The summed E-state index contributed by atoms with van der Waals surface area (Å²) < 4.78 is 0. The van der Waals surface area contributed by atoms with E-state index in [9.17, 15) is 14.4 Å². The Balaban J connectivity index is 1.50. The van der Waals surface area contributed by atoms with Gasteiger partial charge in [-0.3, -0.25) is 14.5 Å². The highest BCUT2D eigenvalue weighted by Gasteiger charge is 2.33. The molecule has 1 unspecified atom stereocenters. The minimum absolute atomic E-state index is 0.154. The molecule has 0 spiro atoms. The Hall–Kier alpha value is -4.13. The normalized spacial score (nSPS) is 13.4. The Morgan fingerprint density at radius 2 is 1.71 bits per heavy atom. The van der Waals surface area contributed by atoms with Crippen LogP contribution in [0, 0.1) is 6.92 Å². The van der Waals surface area contributed by atoms with E-state index in [-0.39, 0.29) is 18.4 Å². The van der Waals surface area contributed by atoms with E-state index in [0.717, 1.165) is 29.7 Å². The molecular formula is C28H30N4O3. The van der Waals surface area contributed by atoms with Crippen LogP contribution < -0.4 is 20.4 Å². The number of anilines is 3. The molecule has 1 aliphatic heterocycles. The average molecular weight is 471 g/mol. The summed E-state index contributed by atoms with van der Waals surface area (Å²) in [4.78, 5) is 42.6. The van der Waals surface area contributed by atoms with E-state index in [0.29, 0.717) is 17.9 Å². The number of nitrogens with zero attached hydrogens (tertiary/aromatic N) is 2. The molecule has 7 heteroatoms. The molecule has 1 aliphatic rings. The van der Waals surface area contributed by atoms with Gasteiger partial charge in [-0.05, 0) is 68.1 Å². The molecule has 0 aromatic heterocycles. The number of para-hydroxylation sites is 2. The topological polar surface area (TPSA) is 81.8 Å². The molecule has 35 heavy (non-hydrogen) atoms. The Morgan fingerprint density at radius 3 is 2.49 bits per heavy atom. The number of nitrogens with one attached hydrogen (secondary N) is 2. The summed E-state index contributed by atoms with van der Waals surface area (Å²) >= 11 is 0. The molecule has 0 saturated heterocycles. The predicted octanol–water partition coefficient (Wildman–Crippen LogP) is 4.52. The molecule has 1 heterocycles. The minimum Gasteiger partial charge on any atom is -0.329 e. The van der Waals surface area contributed by atoms with Crippen LogP contribution in [0.1, 0.15) is 24.5 Å². The Bertz CT molecular complexity index is 1210. The Labute approximate surface area is 205 Å². The lowest BCUT2D eigenvalue weighted by molar-refractivity contribution is -0.124. The lowest BCUT2D eigenvalue weighted by Crippen LogP contribution is -2.53. The number of benzene rings is 3. The minimum atomic E-state index is -0.752. The van der Waals surface area contributed by atoms with Crippen LogP contribution >= 0.6 is 0 Å². The second-order valence-corrected chi connectivity index (χ2v) is 8.67. The summed E-state index contributed by atoms with van der Waals surface area (Å²) in [5, 5.41) is 5.36. The van der Waals surface area contributed by atoms with Crippen molar-refractivity contribution in [3.63, 3.8) is 0 Å². The van der Waals surface area contributed by atoms with Crippen molar-refractivity contribution in [3.8, 4) is 0 Å². The first-order chi connectivity index (χ1) is 16.9. The third-order valence-electron chi connectivity index (χ3n) is 6.10. The second kappa shape index (κ2) is 10.9. The fourth-order valence-electron chi connectivity index (χ4n) is 4.41. The highest BCUT2D eigenvalue weighted by molar-refractivity contribution is 6.07. The van der Waals surface area contributed by atoms with Crippen molar-refractivity contribution >= 4 is 34.9 Å². The van der Waals surface area contributed by atoms with Gasteiger partial charge in [0.15, 0.2) is 0 Å². The van der Waals surface area contributed by atoms with Gasteiger partial charge in [0.25, 0.3) is 0 Å². The van der Waals surface area contributed by atoms with E-state index in [1.54, 1.807) is 30.0 Å². The maximum absolute atomic E-state index is 13.6. The van der Waals surface area contributed by atoms with Gasteiger partial charge in [0.2, 0.25) is 11.8 Å². The maximum atomic E-state index is 13.6. The van der Waals surface area contributed by atoms with Crippen LogP contribution in [0.15, 0.2) is 78.9 Å². The van der Waals surface area contributed by atoms with Crippen molar-refractivity contribution in [1.29, 1.82) is 0 Å². The monoisotopic (exact) mass is 470 g/mol. The van der Waals surface area contributed by atoms with Crippen LogP contribution in [-0.4, -0.2) is 37.0 Å². The molecule has 0 aliphatic carbocycles. The number of fused-ring (bicyclic) bond motifs is 1. The molecule has 7 nitrogen and oxygen atoms in total. The number of amides is 4. The fourth-order valence-corrected chi connectivity index (χ4v) is 4.41. The molecule has 0 saturated carbocycles. The maximum Gasteiger partial charge on any atom is 0.319 e. The third-order valence-corrected chi connectivity index (χ3v) is 6.10. The van der Waals surface area contributed by atoms with Gasteiger partial charge in [0, 0.05) is 23.6 Å². The first kappa shape index (κ1) is 24.0. The van der Waals surface area contributed by atoms with Crippen molar-refractivity contribution in [2.45, 2.75) is 32.7 Å². The van der Waals surface area contributed by atoms with Gasteiger partial charge in [0.05, 0.1) is 6.54 Å². The van der Waals surface area contributed by atoms with Crippen molar-refractivity contribution in [1.82, 2.24) is 5.32 Å². The molecule has 4 rings (SSSR count). The van der Waals surface area contributed by atoms with Crippen molar-refractivity contribution in [2.75, 3.05) is 28.2 Å². The van der Waals surface area contributed by atoms with Crippen molar-refractivity contribution in [3.05, 3.63) is 90.0 Å².